The lowest BCUT2D eigenvalue weighted by Crippen LogP contribution is -2.34. The van der Waals surface area contributed by atoms with Gasteiger partial charge in [-0.25, -0.2) is 0 Å². The summed E-state index contributed by atoms with van der Waals surface area (Å²) in [5.74, 6) is 0.965. The van der Waals surface area contributed by atoms with E-state index in [2.05, 4.69) is 20.4 Å². The molecule has 17 heavy (non-hydrogen) atoms. The van der Waals surface area contributed by atoms with Gasteiger partial charge in [-0.15, -0.1) is 6.58 Å². The van der Waals surface area contributed by atoms with E-state index in [1.165, 1.54) is 12.8 Å². The first kappa shape index (κ1) is 13.8. The van der Waals surface area contributed by atoms with Crippen LogP contribution in [0.2, 0.25) is 0 Å². The Labute approximate surface area is 106 Å². The predicted molar refractivity (Wildman–Crippen MR) is 74.4 cm³/mol. The molecule has 1 rings (SSSR count). The normalized spacial score (nSPS) is 14.0. The molecule has 0 N–H and O–H groups in total. The number of ether oxygens (including phenoxy) is 1. The molecule has 0 saturated heterocycles. The van der Waals surface area contributed by atoms with E-state index in [1.807, 2.05) is 36.4 Å². The molecule has 0 bridgehead atoms. The van der Waals surface area contributed by atoms with Crippen LogP contribution < -0.4 is 4.74 Å². The van der Waals surface area contributed by atoms with Crippen LogP contribution in [0, 0.1) is 0 Å². The summed E-state index contributed by atoms with van der Waals surface area (Å²) in [4.78, 5) is 0. The molecule has 0 spiro atoms. The van der Waals surface area contributed by atoms with Gasteiger partial charge in [0.1, 0.15) is 11.4 Å². The topological polar surface area (TPSA) is 9.23 Å². The first-order chi connectivity index (χ1) is 8.26. The van der Waals surface area contributed by atoms with E-state index in [1.54, 1.807) is 0 Å². The van der Waals surface area contributed by atoms with Crippen molar-refractivity contribution < 1.29 is 4.74 Å². The molecule has 0 aromatic heterocycles. The molecule has 0 amide bonds. The van der Waals surface area contributed by atoms with Crippen molar-refractivity contribution in [3.8, 4) is 5.75 Å². The van der Waals surface area contributed by atoms with Crippen molar-refractivity contribution in [3.63, 3.8) is 0 Å². The van der Waals surface area contributed by atoms with Crippen LogP contribution in [-0.4, -0.2) is 5.60 Å². The fourth-order valence-electron chi connectivity index (χ4n) is 2.09. The highest BCUT2D eigenvalue weighted by Crippen LogP contribution is 2.29. The molecule has 0 fully saturated rings. The quantitative estimate of drug-likeness (QED) is 0.574. The fraction of sp³-hybridized carbons (Fsp3) is 0.500. The second kappa shape index (κ2) is 7.16. The van der Waals surface area contributed by atoms with E-state index >= 15 is 0 Å². The Kier molecular flexibility index (Phi) is 5.82. The minimum absolute atomic E-state index is 0.0703. The van der Waals surface area contributed by atoms with Crippen LogP contribution >= 0.6 is 0 Å². The lowest BCUT2D eigenvalue weighted by atomic mass is 9.90. The summed E-state index contributed by atoms with van der Waals surface area (Å²) in [5, 5.41) is 0. The standard InChI is InChI=1S/C16H24O/c1-4-7-14-16(6-3,13-5-2)17-15-11-9-8-10-12-15/h5,8-12H,2,4,6-7,13-14H2,1,3H3. The van der Waals surface area contributed by atoms with Gasteiger partial charge in [-0.05, 0) is 31.4 Å². The average molecular weight is 232 g/mol. The van der Waals surface area contributed by atoms with Gasteiger partial charge in [0.2, 0.25) is 0 Å². The maximum Gasteiger partial charge on any atom is 0.120 e. The summed E-state index contributed by atoms with van der Waals surface area (Å²) in [6, 6.07) is 10.1. The van der Waals surface area contributed by atoms with Gasteiger partial charge in [-0.3, -0.25) is 0 Å². The third-order valence-corrected chi connectivity index (χ3v) is 3.22. The van der Waals surface area contributed by atoms with Crippen molar-refractivity contribution >= 4 is 0 Å². The Morgan fingerprint density at radius 3 is 2.47 bits per heavy atom. The molecule has 0 heterocycles. The van der Waals surface area contributed by atoms with Gasteiger partial charge >= 0.3 is 0 Å². The molecule has 94 valence electrons. The van der Waals surface area contributed by atoms with Gasteiger partial charge in [0, 0.05) is 6.42 Å². The van der Waals surface area contributed by atoms with Crippen LogP contribution in [0.3, 0.4) is 0 Å². The van der Waals surface area contributed by atoms with E-state index in [0.29, 0.717) is 0 Å². The van der Waals surface area contributed by atoms with Crippen molar-refractivity contribution in [1.29, 1.82) is 0 Å². The van der Waals surface area contributed by atoms with Gasteiger partial charge in [-0.2, -0.15) is 0 Å². The molecule has 1 aromatic carbocycles. The second-order valence-corrected chi connectivity index (χ2v) is 4.55. The largest absolute Gasteiger partial charge is 0.487 e. The minimum atomic E-state index is -0.0703. The Balaban J connectivity index is 2.77. The second-order valence-electron chi connectivity index (χ2n) is 4.55. The van der Waals surface area contributed by atoms with E-state index < -0.39 is 0 Å². The van der Waals surface area contributed by atoms with Crippen molar-refractivity contribution in [2.45, 2.75) is 51.6 Å². The zero-order chi connectivity index (χ0) is 12.6. The maximum atomic E-state index is 6.22. The summed E-state index contributed by atoms with van der Waals surface area (Å²) >= 11 is 0. The molecular formula is C16H24O. The Morgan fingerprint density at radius 2 is 1.94 bits per heavy atom. The van der Waals surface area contributed by atoms with Crippen LogP contribution in [0.5, 0.6) is 5.75 Å². The summed E-state index contributed by atoms with van der Waals surface area (Å²) in [6.45, 7) is 8.28. The van der Waals surface area contributed by atoms with E-state index in [0.717, 1.165) is 25.0 Å². The van der Waals surface area contributed by atoms with Crippen molar-refractivity contribution in [3.05, 3.63) is 43.0 Å². The summed E-state index contributed by atoms with van der Waals surface area (Å²) < 4.78 is 6.22. The Hall–Kier alpha value is -1.24. The lowest BCUT2D eigenvalue weighted by Gasteiger charge is -2.33. The van der Waals surface area contributed by atoms with Gasteiger partial charge in [0.05, 0.1) is 0 Å². The molecular weight excluding hydrogens is 208 g/mol. The predicted octanol–water partition coefficient (Wildman–Crippen LogP) is 4.98. The number of rotatable bonds is 8. The van der Waals surface area contributed by atoms with E-state index in [9.17, 15) is 0 Å². The van der Waals surface area contributed by atoms with Crippen LogP contribution in [0.15, 0.2) is 43.0 Å². The first-order valence-electron chi connectivity index (χ1n) is 6.61. The highest BCUT2D eigenvalue weighted by Gasteiger charge is 2.28. The molecule has 1 unspecified atom stereocenters. The fourth-order valence-corrected chi connectivity index (χ4v) is 2.09. The smallest absolute Gasteiger partial charge is 0.120 e. The number of hydrogen-bond donors (Lipinski definition) is 0. The molecule has 0 radical (unpaired) electrons. The monoisotopic (exact) mass is 232 g/mol. The number of benzene rings is 1. The van der Waals surface area contributed by atoms with Crippen LogP contribution in [0.1, 0.15) is 46.0 Å². The third kappa shape index (κ3) is 4.26. The summed E-state index contributed by atoms with van der Waals surface area (Å²) in [7, 11) is 0. The molecule has 1 heteroatoms. The van der Waals surface area contributed by atoms with Gasteiger partial charge < -0.3 is 4.74 Å². The Morgan fingerprint density at radius 1 is 1.24 bits per heavy atom. The van der Waals surface area contributed by atoms with Gasteiger partial charge in [-0.1, -0.05) is 44.5 Å². The number of para-hydroxylation sites is 1. The molecule has 0 saturated carbocycles. The third-order valence-electron chi connectivity index (χ3n) is 3.22. The first-order valence-corrected chi connectivity index (χ1v) is 6.61. The van der Waals surface area contributed by atoms with Crippen molar-refractivity contribution in [2.24, 2.45) is 0 Å². The highest BCUT2D eigenvalue weighted by molar-refractivity contribution is 5.22. The number of hydrogen-bond acceptors (Lipinski definition) is 1. The number of unbranched alkanes of at least 4 members (excludes halogenated alkanes) is 1. The Bertz CT molecular complexity index is 318. The summed E-state index contributed by atoms with van der Waals surface area (Å²) in [6.07, 6.45) is 7.42. The van der Waals surface area contributed by atoms with Crippen LogP contribution in [-0.2, 0) is 0 Å². The molecule has 0 aliphatic heterocycles. The van der Waals surface area contributed by atoms with Crippen molar-refractivity contribution in [2.75, 3.05) is 0 Å². The molecule has 0 aliphatic rings. The molecule has 1 nitrogen and oxygen atoms in total. The maximum absolute atomic E-state index is 6.22. The lowest BCUT2D eigenvalue weighted by molar-refractivity contribution is 0.0558. The highest BCUT2D eigenvalue weighted by atomic mass is 16.5. The van der Waals surface area contributed by atoms with E-state index in [4.69, 9.17) is 4.74 Å². The minimum Gasteiger partial charge on any atom is -0.487 e. The van der Waals surface area contributed by atoms with Gasteiger partial charge in [0.15, 0.2) is 0 Å². The zero-order valence-electron chi connectivity index (χ0n) is 11.1. The SMILES string of the molecule is C=CCC(CC)(CCCC)Oc1ccccc1. The zero-order valence-corrected chi connectivity index (χ0v) is 11.1. The average Bonchev–Trinajstić information content (AvgIpc) is 2.37. The molecule has 1 aromatic rings. The molecule has 0 aliphatic carbocycles. The van der Waals surface area contributed by atoms with Crippen molar-refractivity contribution in [1.82, 2.24) is 0 Å². The van der Waals surface area contributed by atoms with Gasteiger partial charge in [0.25, 0.3) is 0 Å². The van der Waals surface area contributed by atoms with Crippen LogP contribution in [0.25, 0.3) is 0 Å². The van der Waals surface area contributed by atoms with Crippen LogP contribution in [0.4, 0.5) is 0 Å². The molecule has 1 atom stereocenters. The summed E-state index contributed by atoms with van der Waals surface area (Å²) in [5.41, 5.74) is -0.0703. The van der Waals surface area contributed by atoms with E-state index in [-0.39, 0.29) is 5.60 Å².